The molecule has 1 aromatic heterocycles. The molecular weight excluding hydrogens is 257 g/mol. The van der Waals surface area contributed by atoms with Gasteiger partial charge in [0, 0.05) is 13.1 Å². The summed E-state index contributed by atoms with van der Waals surface area (Å²) in [5.74, 6) is -0.144. The van der Waals surface area contributed by atoms with Gasteiger partial charge in [-0.05, 0) is 31.4 Å². The largest absolute Gasteiger partial charge is 0.433 e. The van der Waals surface area contributed by atoms with Crippen LogP contribution in [0.15, 0.2) is 12.1 Å². The lowest BCUT2D eigenvalue weighted by Gasteiger charge is -2.36. The highest BCUT2D eigenvalue weighted by molar-refractivity contribution is 5.99. The van der Waals surface area contributed by atoms with E-state index in [1.807, 2.05) is 0 Å². The van der Waals surface area contributed by atoms with Crippen LogP contribution < -0.4 is 10.6 Å². The SMILES string of the molecule is CN(c1nc(C(F)(F)F)ccc1C(=N)N)C1CCC1. The van der Waals surface area contributed by atoms with Crippen molar-refractivity contribution in [1.82, 2.24) is 4.98 Å². The summed E-state index contributed by atoms with van der Waals surface area (Å²) in [5.41, 5.74) is 4.69. The fourth-order valence-corrected chi connectivity index (χ4v) is 2.03. The smallest absolute Gasteiger partial charge is 0.384 e. The van der Waals surface area contributed by atoms with Crippen molar-refractivity contribution in [2.75, 3.05) is 11.9 Å². The molecule has 0 bridgehead atoms. The highest BCUT2D eigenvalue weighted by Gasteiger charge is 2.34. The van der Waals surface area contributed by atoms with E-state index >= 15 is 0 Å². The fraction of sp³-hybridized carbons (Fsp3) is 0.500. The number of anilines is 1. The number of nitrogens with two attached hydrogens (primary N) is 1. The number of amidine groups is 1. The third kappa shape index (κ3) is 2.64. The normalized spacial score (nSPS) is 16.0. The van der Waals surface area contributed by atoms with Crippen LogP contribution >= 0.6 is 0 Å². The molecule has 7 heteroatoms. The van der Waals surface area contributed by atoms with E-state index in [2.05, 4.69) is 4.98 Å². The summed E-state index contributed by atoms with van der Waals surface area (Å²) in [6, 6.07) is 2.24. The number of rotatable bonds is 3. The molecule has 1 fully saturated rings. The van der Waals surface area contributed by atoms with Gasteiger partial charge < -0.3 is 10.6 Å². The third-order valence-electron chi connectivity index (χ3n) is 3.41. The van der Waals surface area contributed by atoms with E-state index in [-0.39, 0.29) is 23.3 Å². The molecule has 0 aromatic carbocycles. The second-order valence-corrected chi connectivity index (χ2v) is 4.67. The van der Waals surface area contributed by atoms with Gasteiger partial charge in [-0.15, -0.1) is 0 Å². The number of nitrogen functional groups attached to an aromatic ring is 1. The molecule has 0 aliphatic heterocycles. The van der Waals surface area contributed by atoms with Crippen molar-refractivity contribution in [2.45, 2.75) is 31.5 Å². The summed E-state index contributed by atoms with van der Waals surface area (Å²) in [4.78, 5) is 5.34. The summed E-state index contributed by atoms with van der Waals surface area (Å²) in [6.45, 7) is 0. The number of pyridine rings is 1. The topological polar surface area (TPSA) is 66.0 Å². The second-order valence-electron chi connectivity index (χ2n) is 4.67. The Kier molecular flexibility index (Phi) is 3.38. The van der Waals surface area contributed by atoms with Gasteiger partial charge in [0.2, 0.25) is 0 Å². The van der Waals surface area contributed by atoms with Crippen LogP contribution in [0.25, 0.3) is 0 Å². The van der Waals surface area contributed by atoms with E-state index < -0.39 is 11.9 Å². The van der Waals surface area contributed by atoms with Crippen LogP contribution in [-0.2, 0) is 6.18 Å². The molecule has 1 heterocycles. The van der Waals surface area contributed by atoms with Crippen molar-refractivity contribution >= 4 is 11.7 Å². The maximum atomic E-state index is 12.7. The second kappa shape index (κ2) is 4.71. The fourth-order valence-electron chi connectivity index (χ4n) is 2.03. The molecule has 0 saturated heterocycles. The van der Waals surface area contributed by atoms with Gasteiger partial charge in [-0.2, -0.15) is 13.2 Å². The maximum absolute atomic E-state index is 12.7. The van der Waals surface area contributed by atoms with Crippen molar-refractivity contribution in [3.05, 3.63) is 23.4 Å². The molecule has 3 N–H and O–H groups in total. The zero-order valence-corrected chi connectivity index (χ0v) is 10.5. The minimum absolute atomic E-state index is 0.132. The predicted octanol–water partition coefficient (Wildman–Crippen LogP) is 2.37. The Morgan fingerprint density at radius 2 is 2.05 bits per heavy atom. The summed E-state index contributed by atoms with van der Waals surface area (Å²) < 4.78 is 38.1. The van der Waals surface area contributed by atoms with Crippen molar-refractivity contribution in [3.8, 4) is 0 Å². The molecule has 0 atom stereocenters. The van der Waals surface area contributed by atoms with Crippen molar-refractivity contribution < 1.29 is 13.2 Å². The van der Waals surface area contributed by atoms with Crippen molar-refractivity contribution in [3.63, 3.8) is 0 Å². The molecule has 1 aliphatic rings. The summed E-state index contributed by atoms with van der Waals surface area (Å²) in [5, 5.41) is 7.44. The summed E-state index contributed by atoms with van der Waals surface area (Å²) in [7, 11) is 1.69. The predicted molar refractivity (Wildman–Crippen MR) is 66.3 cm³/mol. The number of nitrogens with zero attached hydrogens (tertiary/aromatic N) is 2. The molecule has 0 amide bonds. The van der Waals surface area contributed by atoms with Gasteiger partial charge in [-0.25, -0.2) is 4.98 Å². The van der Waals surface area contributed by atoms with Crippen LogP contribution in [0.2, 0.25) is 0 Å². The minimum atomic E-state index is -4.50. The lowest BCUT2D eigenvalue weighted by molar-refractivity contribution is -0.141. The number of hydrogen-bond donors (Lipinski definition) is 2. The Hall–Kier alpha value is -1.79. The maximum Gasteiger partial charge on any atom is 0.433 e. The van der Waals surface area contributed by atoms with Crippen LogP contribution in [-0.4, -0.2) is 23.9 Å². The molecular formula is C12H15F3N4. The van der Waals surface area contributed by atoms with E-state index in [0.29, 0.717) is 0 Å². The van der Waals surface area contributed by atoms with E-state index in [1.165, 1.54) is 6.07 Å². The Bertz CT molecular complexity index is 494. The molecule has 19 heavy (non-hydrogen) atoms. The van der Waals surface area contributed by atoms with E-state index in [9.17, 15) is 13.2 Å². The van der Waals surface area contributed by atoms with Gasteiger partial charge in [-0.1, -0.05) is 0 Å². The van der Waals surface area contributed by atoms with Crippen molar-refractivity contribution in [2.24, 2.45) is 5.73 Å². The molecule has 2 rings (SSSR count). The van der Waals surface area contributed by atoms with E-state index in [4.69, 9.17) is 11.1 Å². The average molecular weight is 272 g/mol. The first-order chi connectivity index (χ1) is 8.80. The number of nitrogens with one attached hydrogen (secondary N) is 1. The minimum Gasteiger partial charge on any atom is -0.384 e. The molecule has 1 aromatic rings. The molecule has 0 radical (unpaired) electrons. The number of alkyl halides is 3. The standard InChI is InChI=1S/C12H15F3N4/c1-19(7-3-2-4-7)11-8(10(16)17)5-6-9(18-11)12(13,14)15/h5-7H,2-4H2,1H3,(H3,16,17). The molecule has 1 aliphatic carbocycles. The van der Waals surface area contributed by atoms with Gasteiger partial charge >= 0.3 is 6.18 Å². The highest BCUT2D eigenvalue weighted by Crippen LogP contribution is 2.33. The first kappa shape index (κ1) is 13.6. The van der Waals surface area contributed by atoms with Gasteiger partial charge in [-0.3, -0.25) is 5.41 Å². The Morgan fingerprint density at radius 1 is 1.42 bits per heavy atom. The molecule has 0 unspecified atom stereocenters. The third-order valence-corrected chi connectivity index (χ3v) is 3.41. The molecule has 1 saturated carbocycles. The van der Waals surface area contributed by atoms with Crippen LogP contribution in [0.4, 0.5) is 19.0 Å². The first-order valence-corrected chi connectivity index (χ1v) is 5.96. The number of halogens is 3. The first-order valence-electron chi connectivity index (χ1n) is 5.96. The van der Waals surface area contributed by atoms with E-state index in [1.54, 1.807) is 11.9 Å². The quantitative estimate of drug-likeness (QED) is 0.655. The van der Waals surface area contributed by atoms with Gasteiger partial charge in [0.15, 0.2) is 0 Å². The Morgan fingerprint density at radius 3 is 2.47 bits per heavy atom. The highest BCUT2D eigenvalue weighted by atomic mass is 19.4. The van der Waals surface area contributed by atoms with Crippen molar-refractivity contribution in [1.29, 1.82) is 5.41 Å². The van der Waals surface area contributed by atoms with Crippen LogP contribution in [0.1, 0.15) is 30.5 Å². The zero-order chi connectivity index (χ0) is 14.2. The molecule has 104 valence electrons. The van der Waals surface area contributed by atoms with Crippen LogP contribution in [0.3, 0.4) is 0 Å². The number of hydrogen-bond acceptors (Lipinski definition) is 3. The summed E-state index contributed by atoms with van der Waals surface area (Å²) >= 11 is 0. The van der Waals surface area contributed by atoms with Crippen LogP contribution in [0.5, 0.6) is 0 Å². The van der Waals surface area contributed by atoms with Gasteiger partial charge in [0.05, 0.1) is 5.56 Å². The molecule has 4 nitrogen and oxygen atoms in total. The van der Waals surface area contributed by atoms with Gasteiger partial charge in [0.1, 0.15) is 17.3 Å². The number of aromatic nitrogens is 1. The zero-order valence-electron chi connectivity index (χ0n) is 10.5. The summed E-state index contributed by atoms with van der Waals surface area (Å²) in [6.07, 6.45) is -1.59. The lowest BCUT2D eigenvalue weighted by atomic mass is 9.91. The lowest BCUT2D eigenvalue weighted by Crippen LogP contribution is -2.39. The Labute approximate surface area is 108 Å². The monoisotopic (exact) mass is 272 g/mol. The molecule has 0 spiro atoms. The Balaban J connectivity index is 2.44. The average Bonchev–Trinajstić information content (AvgIpc) is 2.24. The van der Waals surface area contributed by atoms with Gasteiger partial charge in [0.25, 0.3) is 0 Å². The van der Waals surface area contributed by atoms with E-state index in [0.717, 1.165) is 25.3 Å². The van der Waals surface area contributed by atoms with Crippen LogP contribution in [0, 0.1) is 5.41 Å².